The van der Waals surface area contributed by atoms with E-state index in [1.54, 1.807) is 0 Å². The number of amidine groups is 1. The fraction of sp³-hybridized carbons (Fsp3) is 0.100. The molecule has 0 amide bonds. The largest absolute Gasteiger partial charge is 0.384 e. The highest BCUT2D eigenvalue weighted by Crippen LogP contribution is 2.21. The first-order chi connectivity index (χ1) is 7.49. The summed E-state index contributed by atoms with van der Waals surface area (Å²) in [7, 11) is 0. The van der Waals surface area contributed by atoms with Crippen LogP contribution < -0.4 is 16.8 Å². The zero-order chi connectivity index (χ0) is 11.8. The summed E-state index contributed by atoms with van der Waals surface area (Å²) in [5.74, 6) is -2.68. The molecule has 4 nitrogen and oxygen atoms in total. The second kappa shape index (κ2) is 3.57. The molecule has 0 saturated heterocycles. The number of hydrogen-bond acceptors (Lipinski definition) is 4. The minimum Gasteiger partial charge on any atom is -0.384 e. The lowest BCUT2D eigenvalue weighted by Crippen LogP contribution is -2.49. The van der Waals surface area contributed by atoms with Crippen molar-refractivity contribution in [3.8, 4) is 0 Å². The highest BCUT2D eigenvalue weighted by atomic mass is 19.1. The predicted molar refractivity (Wildman–Crippen MR) is 56.1 cm³/mol. The molecule has 2 rings (SSSR count). The molecule has 0 bridgehead atoms. The van der Waals surface area contributed by atoms with Crippen molar-refractivity contribution in [2.75, 3.05) is 0 Å². The van der Waals surface area contributed by atoms with E-state index < -0.39 is 17.4 Å². The summed E-state index contributed by atoms with van der Waals surface area (Å²) in [5.41, 5.74) is 11.5. The maximum Gasteiger partial charge on any atom is 0.211 e. The van der Waals surface area contributed by atoms with Gasteiger partial charge in [-0.1, -0.05) is 0 Å². The van der Waals surface area contributed by atoms with Crippen LogP contribution in [0.15, 0.2) is 35.5 Å². The van der Waals surface area contributed by atoms with E-state index in [0.717, 1.165) is 18.2 Å². The summed E-state index contributed by atoms with van der Waals surface area (Å²) >= 11 is 0. The number of halogens is 2. The first-order valence-electron chi connectivity index (χ1n) is 4.55. The van der Waals surface area contributed by atoms with Crippen LogP contribution >= 0.6 is 0 Å². The number of rotatable bonds is 1. The Morgan fingerprint density at radius 2 is 1.81 bits per heavy atom. The Hall–Kier alpha value is -1.95. The van der Waals surface area contributed by atoms with Gasteiger partial charge in [0.05, 0.1) is 0 Å². The zero-order valence-electron chi connectivity index (χ0n) is 8.24. The van der Waals surface area contributed by atoms with Crippen molar-refractivity contribution in [2.24, 2.45) is 16.5 Å². The smallest absolute Gasteiger partial charge is 0.211 e. The molecule has 0 spiro atoms. The van der Waals surface area contributed by atoms with E-state index in [2.05, 4.69) is 10.3 Å². The van der Waals surface area contributed by atoms with Crippen molar-refractivity contribution >= 4 is 5.84 Å². The first-order valence-corrected chi connectivity index (χ1v) is 4.55. The van der Waals surface area contributed by atoms with Crippen molar-refractivity contribution in [1.82, 2.24) is 5.32 Å². The maximum atomic E-state index is 13.0. The molecule has 1 atom stereocenters. The molecule has 6 heteroatoms. The molecular weight excluding hydrogens is 214 g/mol. The molecule has 0 aliphatic carbocycles. The van der Waals surface area contributed by atoms with Gasteiger partial charge in [0.2, 0.25) is 5.79 Å². The Balaban J connectivity index is 2.47. The Labute approximate surface area is 90.7 Å². The third-order valence-electron chi connectivity index (χ3n) is 2.17. The summed E-state index contributed by atoms with van der Waals surface area (Å²) in [6, 6.07) is 2.97. The molecular formula is C10H10F2N4. The Morgan fingerprint density at radius 3 is 2.38 bits per heavy atom. The molecule has 1 aliphatic heterocycles. The lowest BCUT2D eigenvalue weighted by molar-refractivity contribution is 0.404. The van der Waals surface area contributed by atoms with E-state index in [1.807, 2.05) is 0 Å². The number of aliphatic imine (C=N–C) groups is 1. The van der Waals surface area contributed by atoms with Gasteiger partial charge >= 0.3 is 0 Å². The molecule has 0 radical (unpaired) electrons. The Morgan fingerprint density at radius 1 is 1.19 bits per heavy atom. The third kappa shape index (κ3) is 1.87. The molecule has 5 N–H and O–H groups in total. The molecule has 1 aromatic carbocycles. The van der Waals surface area contributed by atoms with E-state index in [9.17, 15) is 8.78 Å². The van der Waals surface area contributed by atoms with Crippen LogP contribution in [0.1, 0.15) is 5.56 Å². The topological polar surface area (TPSA) is 76.4 Å². The van der Waals surface area contributed by atoms with Gasteiger partial charge in [0, 0.05) is 17.8 Å². The van der Waals surface area contributed by atoms with Gasteiger partial charge in [0.1, 0.15) is 17.5 Å². The summed E-state index contributed by atoms with van der Waals surface area (Å²) in [6.45, 7) is 0. The number of nitrogens with two attached hydrogens (primary N) is 2. The minimum atomic E-state index is -1.43. The molecule has 16 heavy (non-hydrogen) atoms. The zero-order valence-corrected chi connectivity index (χ0v) is 8.24. The molecule has 0 fully saturated rings. The molecule has 1 aromatic rings. The van der Waals surface area contributed by atoms with Crippen LogP contribution in [0.3, 0.4) is 0 Å². The van der Waals surface area contributed by atoms with Gasteiger partial charge in [0.15, 0.2) is 0 Å². The highest BCUT2D eigenvalue weighted by molar-refractivity contribution is 5.92. The van der Waals surface area contributed by atoms with Crippen LogP contribution in [-0.2, 0) is 5.79 Å². The second-order valence-electron chi connectivity index (χ2n) is 3.44. The van der Waals surface area contributed by atoms with E-state index in [1.165, 1.54) is 12.3 Å². The lowest BCUT2D eigenvalue weighted by Gasteiger charge is -2.28. The third-order valence-corrected chi connectivity index (χ3v) is 2.17. The summed E-state index contributed by atoms with van der Waals surface area (Å²) < 4.78 is 26.1. The van der Waals surface area contributed by atoms with Gasteiger partial charge in [-0.25, -0.2) is 13.8 Å². The Kier molecular flexibility index (Phi) is 2.35. The lowest BCUT2D eigenvalue weighted by atomic mass is 10.1. The van der Waals surface area contributed by atoms with Gasteiger partial charge in [-0.15, -0.1) is 0 Å². The van der Waals surface area contributed by atoms with Gasteiger partial charge in [-0.3, -0.25) is 5.73 Å². The van der Waals surface area contributed by atoms with Gasteiger partial charge in [0.25, 0.3) is 0 Å². The first kappa shape index (κ1) is 10.6. The normalized spacial score (nSPS) is 23.8. The van der Waals surface area contributed by atoms with Crippen molar-refractivity contribution in [1.29, 1.82) is 0 Å². The number of hydrogen-bond donors (Lipinski definition) is 3. The molecule has 84 valence electrons. The van der Waals surface area contributed by atoms with Gasteiger partial charge in [-0.05, 0) is 18.2 Å². The highest BCUT2D eigenvalue weighted by Gasteiger charge is 2.28. The van der Waals surface area contributed by atoms with Gasteiger partial charge in [-0.2, -0.15) is 0 Å². The number of nitrogens with one attached hydrogen (secondary N) is 1. The average molecular weight is 224 g/mol. The maximum absolute atomic E-state index is 13.0. The fourth-order valence-electron chi connectivity index (χ4n) is 1.45. The van der Waals surface area contributed by atoms with Crippen LogP contribution in [0.5, 0.6) is 0 Å². The van der Waals surface area contributed by atoms with Gasteiger partial charge < -0.3 is 11.1 Å². The van der Waals surface area contributed by atoms with Crippen molar-refractivity contribution in [3.05, 3.63) is 47.7 Å². The molecule has 1 aliphatic rings. The molecule has 0 aromatic heterocycles. The van der Waals surface area contributed by atoms with Crippen LogP contribution in [-0.4, -0.2) is 5.84 Å². The minimum absolute atomic E-state index is 0.164. The summed E-state index contributed by atoms with van der Waals surface area (Å²) in [6.07, 6.45) is 2.98. The quantitative estimate of drug-likeness (QED) is 0.650. The second-order valence-corrected chi connectivity index (χ2v) is 3.44. The van der Waals surface area contributed by atoms with E-state index >= 15 is 0 Å². The molecule has 0 saturated carbocycles. The molecule has 1 heterocycles. The van der Waals surface area contributed by atoms with Crippen LogP contribution in [0.2, 0.25) is 0 Å². The van der Waals surface area contributed by atoms with Crippen molar-refractivity contribution in [2.45, 2.75) is 5.79 Å². The van der Waals surface area contributed by atoms with Crippen LogP contribution in [0, 0.1) is 11.6 Å². The predicted octanol–water partition coefficient (Wildman–Crippen LogP) is 0.508. The van der Waals surface area contributed by atoms with E-state index in [-0.39, 0.29) is 11.4 Å². The summed E-state index contributed by atoms with van der Waals surface area (Å²) in [5, 5.41) is 2.69. The standard InChI is InChI=1S/C10H10F2N4/c11-7-3-6(4-8(12)5-7)10(14)15-2-1-9(13)16-10/h1-5,15H,14H2,(H2,13,16). The van der Waals surface area contributed by atoms with Crippen LogP contribution in [0.4, 0.5) is 8.78 Å². The number of benzene rings is 1. The summed E-state index contributed by atoms with van der Waals surface area (Å²) in [4.78, 5) is 3.91. The SMILES string of the molecule is NC1=NC(N)(c2cc(F)cc(F)c2)NC=C1. The van der Waals surface area contributed by atoms with Crippen molar-refractivity contribution < 1.29 is 8.78 Å². The van der Waals surface area contributed by atoms with Crippen LogP contribution in [0.25, 0.3) is 0 Å². The fourth-order valence-corrected chi connectivity index (χ4v) is 1.45. The Bertz CT molecular complexity index is 463. The monoisotopic (exact) mass is 224 g/mol. The van der Waals surface area contributed by atoms with Crippen molar-refractivity contribution in [3.63, 3.8) is 0 Å². The van der Waals surface area contributed by atoms with E-state index in [4.69, 9.17) is 11.5 Å². The van der Waals surface area contributed by atoms with E-state index in [0.29, 0.717) is 0 Å². The molecule has 1 unspecified atom stereocenters. The number of nitrogens with zero attached hydrogens (tertiary/aromatic N) is 1. The average Bonchev–Trinajstić information content (AvgIpc) is 2.15.